The summed E-state index contributed by atoms with van der Waals surface area (Å²) in [5.41, 5.74) is -0.737. The molecule has 1 amide bonds. The van der Waals surface area contributed by atoms with E-state index in [0.717, 1.165) is 12.8 Å². The van der Waals surface area contributed by atoms with E-state index in [1.54, 1.807) is 19.0 Å². The SMILES string of the molecule is C=CC(O)C(C)(CCCCCC)C(=O)N(C)C. The van der Waals surface area contributed by atoms with Gasteiger partial charge in [0.05, 0.1) is 11.5 Å². The predicted molar refractivity (Wildman–Crippen MR) is 71.8 cm³/mol. The number of carbonyl (C=O) groups is 1. The predicted octanol–water partition coefficient (Wildman–Crippen LogP) is 2.60. The van der Waals surface area contributed by atoms with Crippen molar-refractivity contribution in [1.82, 2.24) is 4.90 Å². The van der Waals surface area contributed by atoms with Crippen molar-refractivity contribution in [2.75, 3.05) is 14.1 Å². The summed E-state index contributed by atoms with van der Waals surface area (Å²) in [5.74, 6) is -0.0265. The molecule has 0 aliphatic carbocycles. The van der Waals surface area contributed by atoms with Crippen molar-refractivity contribution in [2.24, 2.45) is 5.41 Å². The summed E-state index contributed by atoms with van der Waals surface area (Å²) in [6.07, 6.45) is 5.81. The maximum absolute atomic E-state index is 12.1. The highest BCUT2D eigenvalue weighted by Crippen LogP contribution is 2.31. The Balaban J connectivity index is 4.62. The van der Waals surface area contributed by atoms with Crippen LogP contribution in [-0.4, -0.2) is 36.1 Å². The molecule has 0 fully saturated rings. The largest absolute Gasteiger partial charge is 0.388 e. The minimum atomic E-state index is -0.779. The van der Waals surface area contributed by atoms with Crippen LogP contribution in [-0.2, 0) is 4.79 Å². The molecular weight excluding hydrogens is 214 g/mol. The molecule has 0 aliphatic rings. The normalized spacial score (nSPS) is 16.1. The van der Waals surface area contributed by atoms with Crippen LogP contribution in [0.1, 0.15) is 46.0 Å². The molecule has 1 N–H and O–H groups in total. The average molecular weight is 241 g/mol. The zero-order chi connectivity index (χ0) is 13.5. The van der Waals surface area contributed by atoms with Gasteiger partial charge in [-0.05, 0) is 13.3 Å². The maximum atomic E-state index is 12.1. The summed E-state index contributed by atoms with van der Waals surface area (Å²) in [7, 11) is 3.45. The van der Waals surface area contributed by atoms with Gasteiger partial charge in [0.2, 0.25) is 5.91 Å². The summed E-state index contributed by atoms with van der Waals surface area (Å²) in [5, 5.41) is 9.99. The summed E-state index contributed by atoms with van der Waals surface area (Å²) in [6, 6.07) is 0. The molecule has 100 valence electrons. The van der Waals surface area contributed by atoms with Crippen LogP contribution in [0, 0.1) is 5.41 Å². The van der Waals surface area contributed by atoms with E-state index < -0.39 is 11.5 Å². The third-order valence-corrected chi connectivity index (χ3v) is 3.32. The van der Waals surface area contributed by atoms with Gasteiger partial charge in [-0.25, -0.2) is 0 Å². The third-order valence-electron chi connectivity index (χ3n) is 3.32. The fourth-order valence-corrected chi connectivity index (χ4v) is 2.07. The first-order valence-corrected chi connectivity index (χ1v) is 6.42. The van der Waals surface area contributed by atoms with Crippen LogP contribution < -0.4 is 0 Å². The first-order valence-electron chi connectivity index (χ1n) is 6.42. The number of aliphatic hydroxyl groups is 1. The van der Waals surface area contributed by atoms with Crippen molar-refractivity contribution in [1.29, 1.82) is 0 Å². The van der Waals surface area contributed by atoms with E-state index in [9.17, 15) is 9.90 Å². The zero-order valence-electron chi connectivity index (χ0n) is 11.7. The quantitative estimate of drug-likeness (QED) is 0.524. The van der Waals surface area contributed by atoms with Gasteiger partial charge in [-0.2, -0.15) is 0 Å². The highest BCUT2D eigenvalue weighted by atomic mass is 16.3. The Morgan fingerprint density at radius 2 is 2.00 bits per heavy atom. The zero-order valence-corrected chi connectivity index (χ0v) is 11.7. The smallest absolute Gasteiger partial charge is 0.230 e. The minimum absolute atomic E-state index is 0.0265. The van der Waals surface area contributed by atoms with Crippen molar-refractivity contribution in [3.8, 4) is 0 Å². The fourth-order valence-electron chi connectivity index (χ4n) is 2.07. The lowest BCUT2D eigenvalue weighted by atomic mass is 9.78. The number of hydrogen-bond donors (Lipinski definition) is 1. The van der Waals surface area contributed by atoms with Crippen LogP contribution in [0.15, 0.2) is 12.7 Å². The van der Waals surface area contributed by atoms with Crippen molar-refractivity contribution in [3.63, 3.8) is 0 Å². The van der Waals surface area contributed by atoms with Crippen LogP contribution in [0.5, 0.6) is 0 Å². The van der Waals surface area contributed by atoms with Crippen molar-refractivity contribution in [3.05, 3.63) is 12.7 Å². The summed E-state index contributed by atoms with van der Waals surface area (Å²) in [6.45, 7) is 7.57. The van der Waals surface area contributed by atoms with Gasteiger partial charge in [0.25, 0.3) is 0 Å². The van der Waals surface area contributed by atoms with Crippen molar-refractivity contribution < 1.29 is 9.90 Å². The molecular formula is C14H27NO2. The van der Waals surface area contributed by atoms with Gasteiger partial charge in [0.15, 0.2) is 0 Å². The van der Waals surface area contributed by atoms with E-state index in [4.69, 9.17) is 0 Å². The Hall–Kier alpha value is -0.830. The molecule has 0 spiro atoms. The van der Waals surface area contributed by atoms with Gasteiger partial charge >= 0.3 is 0 Å². The molecule has 0 saturated heterocycles. The van der Waals surface area contributed by atoms with E-state index in [-0.39, 0.29) is 5.91 Å². The highest BCUT2D eigenvalue weighted by Gasteiger charge is 2.39. The molecule has 17 heavy (non-hydrogen) atoms. The number of nitrogens with zero attached hydrogens (tertiary/aromatic N) is 1. The molecule has 0 saturated carbocycles. The first-order chi connectivity index (χ1) is 7.90. The summed E-state index contributed by atoms with van der Waals surface area (Å²) >= 11 is 0. The van der Waals surface area contributed by atoms with E-state index in [1.165, 1.54) is 18.9 Å². The van der Waals surface area contributed by atoms with Gasteiger partial charge in [0, 0.05) is 14.1 Å². The average Bonchev–Trinajstić information content (AvgIpc) is 2.32. The Morgan fingerprint density at radius 3 is 2.41 bits per heavy atom. The van der Waals surface area contributed by atoms with Gasteiger partial charge in [-0.3, -0.25) is 4.79 Å². The third kappa shape index (κ3) is 4.50. The van der Waals surface area contributed by atoms with Crippen LogP contribution in [0.2, 0.25) is 0 Å². The van der Waals surface area contributed by atoms with Gasteiger partial charge < -0.3 is 10.0 Å². The standard InChI is InChI=1S/C14H27NO2/c1-6-8-9-10-11-14(3,12(16)7-2)13(17)15(4)5/h7,12,16H,2,6,8-11H2,1,3-5H3. The molecule has 0 rings (SSSR count). The second kappa shape index (κ2) is 7.49. The molecule has 0 bridgehead atoms. The molecule has 3 heteroatoms. The van der Waals surface area contributed by atoms with E-state index in [2.05, 4.69) is 13.5 Å². The topological polar surface area (TPSA) is 40.5 Å². The lowest BCUT2D eigenvalue weighted by Crippen LogP contribution is -2.45. The van der Waals surface area contributed by atoms with Crippen LogP contribution >= 0.6 is 0 Å². The van der Waals surface area contributed by atoms with Gasteiger partial charge in [0.1, 0.15) is 0 Å². The van der Waals surface area contributed by atoms with Crippen molar-refractivity contribution in [2.45, 2.75) is 52.1 Å². The number of carbonyl (C=O) groups excluding carboxylic acids is 1. The molecule has 3 nitrogen and oxygen atoms in total. The summed E-state index contributed by atoms with van der Waals surface area (Å²) in [4.78, 5) is 13.7. The Bertz CT molecular complexity index is 251. The Labute approximate surface area is 106 Å². The molecule has 0 radical (unpaired) electrons. The number of amides is 1. The molecule has 2 atom stereocenters. The minimum Gasteiger partial charge on any atom is -0.388 e. The molecule has 2 unspecified atom stereocenters. The lowest BCUT2D eigenvalue weighted by Gasteiger charge is -2.34. The number of rotatable bonds is 8. The molecule has 0 aromatic carbocycles. The monoisotopic (exact) mass is 241 g/mol. The maximum Gasteiger partial charge on any atom is 0.230 e. The number of aliphatic hydroxyl groups excluding tert-OH is 1. The second-order valence-electron chi connectivity index (χ2n) is 5.11. The lowest BCUT2D eigenvalue weighted by molar-refractivity contribution is -0.144. The number of unbranched alkanes of at least 4 members (excludes halogenated alkanes) is 3. The molecule has 0 aliphatic heterocycles. The number of hydrogen-bond acceptors (Lipinski definition) is 2. The van der Waals surface area contributed by atoms with E-state index >= 15 is 0 Å². The van der Waals surface area contributed by atoms with Gasteiger partial charge in [-0.1, -0.05) is 38.7 Å². The second-order valence-corrected chi connectivity index (χ2v) is 5.11. The van der Waals surface area contributed by atoms with Crippen LogP contribution in [0.25, 0.3) is 0 Å². The molecule has 0 heterocycles. The summed E-state index contributed by atoms with van der Waals surface area (Å²) < 4.78 is 0. The molecule has 0 aromatic rings. The molecule has 0 aromatic heterocycles. The first kappa shape index (κ1) is 16.2. The Morgan fingerprint density at radius 1 is 1.41 bits per heavy atom. The van der Waals surface area contributed by atoms with Crippen molar-refractivity contribution >= 4 is 5.91 Å². The highest BCUT2D eigenvalue weighted by molar-refractivity contribution is 5.82. The van der Waals surface area contributed by atoms with Crippen LogP contribution in [0.3, 0.4) is 0 Å². The fraction of sp³-hybridized carbons (Fsp3) is 0.786. The van der Waals surface area contributed by atoms with Crippen LogP contribution in [0.4, 0.5) is 0 Å². The van der Waals surface area contributed by atoms with Gasteiger partial charge in [-0.15, -0.1) is 6.58 Å². The Kier molecular flexibility index (Phi) is 7.12. The van der Waals surface area contributed by atoms with E-state index in [0.29, 0.717) is 6.42 Å². The van der Waals surface area contributed by atoms with E-state index in [1.807, 2.05) is 6.92 Å².